The Kier molecular flexibility index (Phi) is 5.54. The Bertz CT molecular complexity index is 864. The van der Waals surface area contributed by atoms with Crippen LogP contribution in [0.3, 0.4) is 0 Å². The third-order valence-electron chi connectivity index (χ3n) is 4.73. The molecule has 1 heterocycles. The van der Waals surface area contributed by atoms with E-state index in [2.05, 4.69) is 4.57 Å². The summed E-state index contributed by atoms with van der Waals surface area (Å²) in [6, 6.07) is 7.18. The molecule has 2 aromatic rings. The molecule has 0 spiro atoms. The first-order valence-electron chi connectivity index (χ1n) is 9.15. The van der Waals surface area contributed by atoms with Crippen LogP contribution in [0.1, 0.15) is 57.9 Å². The van der Waals surface area contributed by atoms with E-state index in [9.17, 15) is 9.59 Å². The minimum absolute atomic E-state index is 0.193. The van der Waals surface area contributed by atoms with E-state index in [4.69, 9.17) is 14.2 Å². The molecule has 1 aliphatic rings. The maximum atomic E-state index is 12.5. The minimum Gasteiger partial charge on any atom is -0.493 e. The molecule has 6 heteroatoms. The lowest BCUT2D eigenvalue weighted by atomic mass is 10.1. The zero-order valence-corrected chi connectivity index (χ0v) is 16.2. The number of hydrogen-bond acceptors (Lipinski definition) is 5. The zero-order chi connectivity index (χ0) is 19.6. The van der Waals surface area contributed by atoms with Crippen molar-refractivity contribution < 1.29 is 23.8 Å². The van der Waals surface area contributed by atoms with Gasteiger partial charge in [-0.15, -0.1) is 0 Å². The molecule has 1 fully saturated rings. The SMILES string of the molecule is CCOc1cc(C(=O)OCC(=O)c2cc(C)n(C3CC3)c2C)ccc1OC. The van der Waals surface area contributed by atoms with Gasteiger partial charge in [-0.2, -0.15) is 0 Å². The first kappa shape index (κ1) is 19.0. The molecule has 3 rings (SSSR count). The molecule has 0 N–H and O–H groups in total. The number of carbonyl (C=O) groups excluding carboxylic acids is 2. The second kappa shape index (κ2) is 7.86. The highest BCUT2D eigenvalue weighted by atomic mass is 16.5. The highest BCUT2D eigenvalue weighted by Gasteiger charge is 2.28. The molecular weight excluding hydrogens is 346 g/mol. The second-order valence-corrected chi connectivity index (χ2v) is 6.68. The molecule has 27 heavy (non-hydrogen) atoms. The Labute approximate surface area is 159 Å². The average Bonchev–Trinajstić information content (AvgIpc) is 3.44. The third-order valence-corrected chi connectivity index (χ3v) is 4.73. The van der Waals surface area contributed by atoms with Crippen LogP contribution in [0.4, 0.5) is 0 Å². The number of ketones is 1. The lowest BCUT2D eigenvalue weighted by Gasteiger charge is -2.11. The van der Waals surface area contributed by atoms with Crippen molar-refractivity contribution in [2.75, 3.05) is 20.3 Å². The van der Waals surface area contributed by atoms with Crippen molar-refractivity contribution in [2.24, 2.45) is 0 Å². The summed E-state index contributed by atoms with van der Waals surface area (Å²) in [5, 5.41) is 0. The molecule has 1 aliphatic carbocycles. The molecular formula is C21H25NO5. The van der Waals surface area contributed by atoms with Crippen molar-refractivity contribution in [3.05, 3.63) is 46.8 Å². The average molecular weight is 371 g/mol. The third kappa shape index (κ3) is 3.99. The number of ether oxygens (including phenoxy) is 3. The topological polar surface area (TPSA) is 66.8 Å². The van der Waals surface area contributed by atoms with Crippen LogP contribution in [0, 0.1) is 13.8 Å². The number of rotatable bonds is 8. The molecule has 0 saturated heterocycles. The van der Waals surface area contributed by atoms with Gasteiger partial charge >= 0.3 is 5.97 Å². The number of aromatic nitrogens is 1. The number of carbonyl (C=O) groups is 2. The molecule has 1 aromatic heterocycles. The largest absolute Gasteiger partial charge is 0.493 e. The predicted molar refractivity (Wildman–Crippen MR) is 101 cm³/mol. The highest BCUT2D eigenvalue weighted by Crippen LogP contribution is 2.38. The number of benzene rings is 1. The van der Waals surface area contributed by atoms with Crippen LogP contribution >= 0.6 is 0 Å². The lowest BCUT2D eigenvalue weighted by Crippen LogP contribution is -2.15. The van der Waals surface area contributed by atoms with Crippen LogP contribution in [0.15, 0.2) is 24.3 Å². The highest BCUT2D eigenvalue weighted by molar-refractivity contribution is 6.00. The zero-order valence-electron chi connectivity index (χ0n) is 16.2. The number of nitrogens with zero attached hydrogens (tertiary/aromatic N) is 1. The minimum atomic E-state index is -0.567. The van der Waals surface area contributed by atoms with Gasteiger partial charge < -0.3 is 18.8 Å². The number of methoxy groups -OCH3 is 1. The summed E-state index contributed by atoms with van der Waals surface area (Å²) in [5.74, 6) is 0.246. The van der Waals surface area contributed by atoms with E-state index in [1.54, 1.807) is 18.2 Å². The standard InChI is InChI=1S/C21H25NO5/c1-5-26-20-11-15(6-9-19(20)25-4)21(24)27-12-18(23)17-10-13(2)22(14(17)3)16-7-8-16/h6,9-11,16H,5,7-8,12H2,1-4H3. The van der Waals surface area contributed by atoms with E-state index in [-0.39, 0.29) is 12.4 Å². The Morgan fingerprint density at radius 3 is 2.52 bits per heavy atom. The summed E-state index contributed by atoms with van der Waals surface area (Å²) >= 11 is 0. The van der Waals surface area contributed by atoms with Crippen molar-refractivity contribution in [1.29, 1.82) is 0 Å². The quantitative estimate of drug-likeness (QED) is 0.520. The van der Waals surface area contributed by atoms with Crippen LogP contribution in [-0.4, -0.2) is 36.6 Å². The van der Waals surface area contributed by atoms with Gasteiger partial charge in [0.25, 0.3) is 0 Å². The van der Waals surface area contributed by atoms with E-state index >= 15 is 0 Å². The van der Waals surface area contributed by atoms with Gasteiger partial charge in [0, 0.05) is 23.0 Å². The van der Waals surface area contributed by atoms with E-state index in [0.29, 0.717) is 35.3 Å². The molecule has 0 bridgehead atoms. The van der Waals surface area contributed by atoms with Gasteiger partial charge in [0.15, 0.2) is 18.1 Å². The molecule has 0 atom stereocenters. The van der Waals surface area contributed by atoms with E-state index in [1.807, 2.05) is 26.8 Å². The Morgan fingerprint density at radius 1 is 1.15 bits per heavy atom. The van der Waals surface area contributed by atoms with Crippen LogP contribution < -0.4 is 9.47 Å². The first-order valence-corrected chi connectivity index (χ1v) is 9.15. The van der Waals surface area contributed by atoms with Crippen molar-refractivity contribution >= 4 is 11.8 Å². The van der Waals surface area contributed by atoms with Crippen molar-refractivity contribution in [2.45, 2.75) is 39.7 Å². The monoisotopic (exact) mass is 371 g/mol. The van der Waals surface area contributed by atoms with Crippen LogP contribution in [0.2, 0.25) is 0 Å². The molecule has 0 amide bonds. The van der Waals surface area contributed by atoms with Gasteiger partial charge in [-0.3, -0.25) is 4.79 Å². The summed E-state index contributed by atoms with van der Waals surface area (Å²) in [4.78, 5) is 24.9. The maximum absolute atomic E-state index is 12.5. The summed E-state index contributed by atoms with van der Waals surface area (Å²) in [6.07, 6.45) is 2.30. The fraction of sp³-hybridized carbons (Fsp3) is 0.429. The van der Waals surface area contributed by atoms with Crippen molar-refractivity contribution in [3.8, 4) is 11.5 Å². The Hall–Kier alpha value is -2.76. The molecule has 0 unspecified atom stereocenters. The fourth-order valence-electron chi connectivity index (χ4n) is 3.32. The molecule has 0 aliphatic heterocycles. The Morgan fingerprint density at radius 2 is 1.89 bits per heavy atom. The Balaban J connectivity index is 1.68. The van der Waals surface area contributed by atoms with Gasteiger partial charge in [0.2, 0.25) is 5.78 Å². The lowest BCUT2D eigenvalue weighted by molar-refractivity contribution is 0.0474. The van der Waals surface area contributed by atoms with Crippen molar-refractivity contribution in [3.63, 3.8) is 0 Å². The van der Waals surface area contributed by atoms with E-state index < -0.39 is 5.97 Å². The van der Waals surface area contributed by atoms with E-state index in [1.165, 1.54) is 7.11 Å². The summed E-state index contributed by atoms with van der Waals surface area (Å²) in [5.41, 5.74) is 2.95. The second-order valence-electron chi connectivity index (χ2n) is 6.68. The van der Waals surface area contributed by atoms with Gasteiger partial charge in [-0.25, -0.2) is 4.79 Å². The van der Waals surface area contributed by atoms with E-state index in [0.717, 1.165) is 24.2 Å². The molecule has 6 nitrogen and oxygen atoms in total. The van der Waals surface area contributed by atoms with Crippen LogP contribution in [0.25, 0.3) is 0 Å². The maximum Gasteiger partial charge on any atom is 0.338 e. The smallest absolute Gasteiger partial charge is 0.338 e. The molecule has 0 radical (unpaired) electrons. The number of hydrogen-bond donors (Lipinski definition) is 0. The van der Waals surface area contributed by atoms with Gasteiger partial charge in [-0.05, 0) is 57.9 Å². The first-order chi connectivity index (χ1) is 13.0. The van der Waals surface area contributed by atoms with Crippen LogP contribution in [-0.2, 0) is 4.74 Å². The van der Waals surface area contributed by atoms with Crippen molar-refractivity contribution in [1.82, 2.24) is 4.57 Å². The normalized spacial score (nSPS) is 13.3. The van der Waals surface area contributed by atoms with Gasteiger partial charge in [0.05, 0.1) is 19.3 Å². The summed E-state index contributed by atoms with van der Waals surface area (Å²) < 4.78 is 18.1. The predicted octanol–water partition coefficient (Wildman–Crippen LogP) is 3.89. The molecule has 1 aromatic carbocycles. The summed E-state index contributed by atoms with van der Waals surface area (Å²) in [7, 11) is 1.53. The number of aryl methyl sites for hydroxylation is 1. The fourth-order valence-corrected chi connectivity index (χ4v) is 3.32. The number of Topliss-reactive ketones (excluding diaryl/α,β-unsaturated/α-hetero) is 1. The van der Waals surface area contributed by atoms with Gasteiger partial charge in [0.1, 0.15) is 0 Å². The summed E-state index contributed by atoms with van der Waals surface area (Å²) in [6.45, 7) is 5.95. The molecule has 144 valence electrons. The molecule has 1 saturated carbocycles. The number of esters is 1. The van der Waals surface area contributed by atoms with Crippen LogP contribution in [0.5, 0.6) is 11.5 Å². The van der Waals surface area contributed by atoms with Gasteiger partial charge in [-0.1, -0.05) is 0 Å².